The molecule has 3 rings (SSSR count). The summed E-state index contributed by atoms with van der Waals surface area (Å²) in [7, 11) is 0. The molecule has 1 aliphatic heterocycles. The van der Waals surface area contributed by atoms with Crippen molar-refractivity contribution in [1.29, 1.82) is 0 Å². The summed E-state index contributed by atoms with van der Waals surface area (Å²) in [6, 6.07) is 17.3. The van der Waals surface area contributed by atoms with Gasteiger partial charge in [-0.3, -0.25) is 9.59 Å². The highest BCUT2D eigenvalue weighted by atomic mass is 16.5. The zero-order chi connectivity index (χ0) is 16.1. The predicted octanol–water partition coefficient (Wildman–Crippen LogP) is 3.13. The van der Waals surface area contributed by atoms with Gasteiger partial charge in [0, 0.05) is 12.2 Å². The molecule has 23 heavy (non-hydrogen) atoms. The molecule has 2 aromatic carbocycles. The van der Waals surface area contributed by atoms with Crippen molar-refractivity contribution in [1.82, 2.24) is 0 Å². The molecule has 0 saturated heterocycles. The molecular weight excluding hydrogens is 290 g/mol. The molecule has 0 fully saturated rings. The summed E-state index contributed by atoms with van der Waals surface area (Å²) in [5.41, 5.74) is 1.85. The lowest BCUT2D eigenvalue weighted by atomic mass is 10.1. The summed E-state index contributed by atoms with van der Waals surface area (Å²) in [5, 5.41) is 0. The average Bonchev–Trinajstić information content (AvgIpc) is 2.92. The molecule has 4 nitrogen and oxygen atoms in total. The van der Waals surface area contributed by atoms with Gasteiger partial charge in [-0.15, -0.1) is 0 Å². The smallest absolute Gasteiger partial charge is 0.258 e. The molecule has 0 bridgehead atoms. The number of benzene rings is 2. The summed E-state index contributed by atoms with van der Waals surface area (Å²) in [6.07, 6.45) is 4.45. The molecule has 0 saturated carbocycles. The van der Waals surface area contributed by atoms with E-state index in [2.05, 4.69) is 12.1 Å². The van der Waals surface area contributed by atoms with Crippen molar-refractivity contribution < 1.29 is 14.3 Å². The van der Waals surface area contributed by atoms with Crippen molar-refractivity contribution in [3.63, 3.8) is 0 Å². The zero-order valence-corrected chi connectivity index (χ0v) is 12.6. The number of carbonyl (C=O) groups is 2. The van der Waals surface area contributed by atoms with Crippen molar-refractivity contribution >= 4 is 17.5 Å². The molecule has 1 heterocycles. The molecule has 2 aromatic rings. The summed E-state index contributed by atoms with van der Waals surface area (Å²) in [4.78, 5) is 24.3. The minimum Gasteiger partial charge on any atom is -0.494 e. The predicted molar refractivity (Wildman–Crippen MR) is 88.3 cm³/mol. The fourth-order valence-electron chi connectivity index (χ4n) is 2.46. The molecule has 116 valence electrons. The van der Waals surface area contributed by atoms with E-state index in [9.17, 15) is 9.59 Å². The number of ether oxygens (including phenoxy) is 1. The lowest BCUT2D eigenvalue weighted by molar-refractivity contribution is -0.119. The van der Waals surface area contributed by atoms with Gasteiger partial charge in [-0.25, -0.2) is 4.90 Å². The highest BCUT2D eigenvalue weighted by Gasteiger charge is 2.24. The maximum atomic E-state index is 11.6. The Morgan fingerprint density at radius 1 is 0.826 bits per heavy atom. The SMILES string of the molecule is O=C1C=CC(=O)N1c1ccc(OCCCc2ccccc2)cc1. The Hall–Kier alpha value is -2.88. The molecule has 0 spiro atoms. The summed E-state index contributed by atoms with van der Waals surface area (Å²) in [6.45, 7) is 0.622. The third-order valence-corrected chi connectivity index (χ3v) is 3.63. The van der Waals surface area contributed by atoms with Crippen LogP contribution in [0.25, 0.3) is 0 Å². The molecule has 4 heteroatoms. The summed E-state index contributed by atoms with van der Waals surface area (Å²) < 4.78 is 5.70. The quantitative estimate of drug-likeness (QED) is 0.608. The van der Waals surface area contributed by atoms with Crippen LogP contribution in [0.15, 0.2) is 66.7 Å². The van der Waals surface area contributed by atoms with Crippen LogP contribution in [0.2, 0.25) is 0 Å². The standard InChI is InChI=1S/C19H17NO3/c21-18-12-13-19(22)20(18)16-8-10-17(11-9-16)23-14-4-7-15-5-2-1-3-6-15/h1-3,5-6,8-13H,4,7,14H2. The Morgan fingerprint density at radius 3 is 2.13 bits per heavy atom. The Bertz CT molecular complexity index is 702. The normalized spacial score (nSPS) is 13.7. The van der Waals surface area contributed by atoms with Crippen LogP contribution < -0.4 is 9.64 Å². The molecule has 1 aliphatic rings. The lowest BCUT2D eigenvalue weighted by Crippen LogP contribution is -2.29. The van der Waals surface area contributed by atoms with Crippen molar-refractivity contribution in [2.75, 3.05) is 11.5 Å². The Labute approximate surface area is 135 Å². The monoisotopic (exact) mass is 307 g/mol. The van der Waals surface area contributed by atoms with Crippen LogP contribution in [0.5, 0.6) is 5.75 Å². The zero-order valence-electron chi connectivity index (χ0n) is 12.6. The van der Waals surface area contributed by atoms with Crippen molar-refractivity contribution in [2.45, 2.75) is 12.8 Å². The van der Waals surface area contributed by atoms with Gasteiger partial charge < -0.3 is 4.74 Å². The molecule has 0 unspecified atom stereocenters. The van der Waals surface area contributed by atoms with Gasteiger partial charge in [0.2, 0.25) is 0 Å². The van der Waals surface area contributed by atoms with E-state index >= 15 is 0 Å². The van der Waals surface area contributed by atoms with E-state index in [0.29, 0.717) is 12.3 Å². The van der Waals surface area contributed by atoms with Crippen LogP contribution in [-0.4, -0.2) is 18.4 Å². The number of hydrogen-bond acceptors (Lipinski definition) is 3. The second-order valence-corrected chi connectivity index (χ2v) is 5.28. The van der Waals surface area contributed by atoms with Crippen LogP contribution in [0.4, 0.5) is 5.69 Å². The van der Waals surface area contributed by atoms with Crippen LogP contribution in [0.1, 0.15) is 12.0 Å². The molecule has 0 radical (unpaired) electrons. The van der Waals surface area contributed by atoms with Gasteiger partial charge in [0.15, 0.2) is 0 Å². The minimum absolute atomic E-state index is 0.313. The van der Waals surface area contributed by atoms with E-state index in [1.165, 1.54) is 17.7 Å². The number of imide groups is 1. The third kappa shape index (κ3) is 3.66. The fraction of sp³-hybridized carbons (Fsp3) is 0.158. The highest BCUT2D eigenvalue weighted by Crippen LogP contribution is 2.22. The summed E-state index contributed by atoms with van der Waals surface area (Å²) in [5.74, 6) is 0.104. The van der Waals surface area contributed by atoms with Crippen molar-refractivity contribution in [2.24, 2.45) is 0 Å². The number of rotatable bonds is 6. The third-order valence-electron chi connectivity index (χ3n) is 3.63. The van der Waals surface area contributed by atoms with Gasteiger partial charge in [0.05, 0.1) is 12.3 Å². The van der Waals surface area contributed by atoms with Gasteiger partial charge in [0.1, 0.15) is 5.75 Å². The number of anilines is 1. The lowest BCUT2D eigenvalue weighted by Gasteiger charge is -2.14. The van der Waals surface area contributed by atoms with Crippen LogP contribution >= 0.6 is 0 Å². The molecule has 2 amide bonds. The number of nitrogens with zero attached hydrogens (tertiary/aromatic N) is 1. The maximum absolute atomic E-state index is 11.6. The van der Waals surface area contributed by atoms with Crippen molar-refractivity contribution in [3.8, 4) is 5.75 Å². The number of hydrogen-bond donors (Lipinski definition) is 0. The number of amides is 2. The molecule has 0 aliphatic carbocycles. The molecule has 0 N–H and O–H groups in total. The van der Waals surface area contributed by atoms with Gasteiger partial charge in [-0.05, 0) is 42.7 Å². The second-order valence-electron chi connectivity index (χ2n) is 5.28. The first kappa shape index (κ1) is 15.0. The van der Waals surface area contributed by atoms with Gasteiger partial charge in [0.25, 0.3) is 11.8 Å². The number of carbonyl (C=O) groups excluding carboxylic acids is 2. The van der Waals surface area contributed by atoms with Crippen molar-refractivity contribution in [3.05, 3.63) is 72.3 Å². The minimum atomic E-state index is -0.313. The molecular formula is C19H17NO3. The largest absolute Gasteiger partial charge is 0.494 e. The van der Waals surface area contributed by atoms with Gasteiger partial charge in [-0.2, -0.15) is 0 Å². The van der Waals surface area contributed by atoms with E-state index in [1.54, 1.807) is 24.3 Å². The van der Waals surface area contributed by atoms with E-state index in [-0.39, 0.29) is 11.8 Å². The topological polar surface area (TPSA) is 46.6 Å². The van der Waals surface area contributed by atoms with E-state index in [4.69, 9.17) is 4.74 Å². The van der Waals surface area contributed by atoms with Gasteiger partial charge >= 0.3 is 0 Å². The van der Waals surface area contributed by atoms with Crippen LogP contribution in [-0.2, 0) is 16.0 Å². The fourth-order valence-corrected chi connectivity index (χ4v) is 2.46. The van der Waals surface area contributed by atoms with E-state index in [1.807, 2.05) is 18.2 Å². The first-order valence-corrected chi connectivity index (χ1v) is 7.57. The first-order valence-electron chi connectivity index (χ1n) is 7.57. The molecule has 0 atom stereocenters. The van der Waals surface area contributed by atoms with E-state index < -0.39 is 0 Å². The Kier molecular flexibility index (Phi) is 4.52. The Balaban J connectivity index is 1.50. The van der Waals surface area contributed by atoms with Gasteiger partial charge in [-0.1, -0.05) is 30.3 Å². The Morgan fingerprint density at radius 2 is 1.48 bits per heavy atom. The maximum Gasteiger partial charge on any atom is 0.258 e. The highest BCUT2D eigenvalue weighted by molar-refractivity contribution is 6.28. The van der Waals surface area contributed by atoms with Crippen LogP contribution in [0, 0.1) is 0 Å². The summed E-state index contributed by atoms with van der Waals surface area (Å²) >= 11 is 0. The molecule has 0 aromatic heterocycles. The van der Waals surface area contributed by atoms with Crippen LogP contribution in [0.3, 0.4) is 0 Å². The number of aryl methyl sites for hydroxylation is 1. The van der Waals surface area contributed by atoms with E-state index in [0.717, 1.165) is 23.5 Å². The first-order chi connectivity index (χ1) is 11.2. The second kappa shape index (κ2) is 6.92. The average molecular weight is 307 g/mol.